The number of carbonyl (C=O) groups excluding carboxylic acids is 1. The van der Waals surface area contributed by atoms with Crippen LogP contribution < -0.4 is 10.6 Å². The molecule has 0 bridgehead atoms. The molecule has 0 aromatic heterocycles. The van der Waals surface area contributed by atoms with E-state index in [1.54, 1.807) is 4.90 Å². The summed E-state index contributed by atoms with van der Waals surface area (Å²) in [5.74, 6) is -0.0252. The van der Waals surface area contributed by atoms with Gasteiger partial charge >= 0.3 is 0 Å². The third-order valence-electron chi connectivity index (χ3n) is 3.63. The van der Waals surface area contributed by atoms with Crippen LogP contribution in [0.2, 0.25) is 0 Å². The highest BCUT2D eigenvalue weighted by atomic mass is 79.9. The molecule has 0 saturated heterocycles. The van der Waals surface area contributed by atoms with E-state index in [2.05, 4.69) is 28.1 Å². The van der Waals surface area contributed by atoms with Gasteiger partial charge in [0.05, 0.1) is 5.69 Å². The minimum Gasteiger partial charge on any atom is -0.316 e. The van der Waals surface area contributed by atoms with Crippen molar-refractivity contribution in [1.29, 1.82) is 0 Å². The maximum Gasteiger partial charge on any atom is 0.248 e. The standard InChI is InChI=1S/C16H15BrN2O/c17-12-7-4-8-13-14(12)15(18)16(20)19(13)10-9-11-5-2-1-3-6-11/h1-8,15H,9-10,18H2. The van der Waals surface area contributed by atoms with Crippen LogP contribution >= 0.6 is 15.9 Å². The molecule has 1 heterocycles. The quantitative estimate of drug-likeness (QED) is 0.940. The summed E-state index contributed by atoms with van der Waals surface area (Å²) in [6, 6.07) is 15.4. The van der Waals surface area contributed by atoms with Gasteiger partial charge in [0.25, 0.3) is 0 Å². The number of nitrogens with two attached hydrogens (primary N) is 1. The van der Waals surface area contributed by atoms with Crippen LogP contribution in [0, 0.1) is 0 Å². The number of benzene rings is 2. The van der Waals surface area contributed by atoms with Crippen LogP contribution in [0.15, 0.2) is 53.0 Å². The molecule has 2 aromatic rings. The third-order valence-corrected chi connectivity index (χ3v) is 4.32. The number of rotatable bonds is 3. The van der Waals surface area contributed by atoms with Crippen molar-refractivity contribution < 1.29 is 4.79 Å². The lowest BCUT2D eigenvalue weighted by atomic mass is 10.1. The number of amides is 1. The van der Waals surface area contributed by atoms with Crippen molar-refractivity contribution in [3.05, 3.63) is 64.1 Å². The molecule has 4 heteroatoms. The fraction of sp³-hybridized carbons (Fsp3) is 0.188. The highest BCUT2D eigenvalue weighted by Gasteiger charge is 2.35. The molecule has 102 valence electrons. The Morgan fingerprint density at radius 3 is 2.60 bits per heavy atom. The minimum absolute atomic E-state index is 0.0252. The molecule has 3 rings (SSSR count). The van der Waals surface area contributed by atoms with Gasteiger partial charge < -0.3 is 10.6 Å². The zero-order valence-corrected chi connectivity index (χ0v) is 12.5. The van der Waals surface area contributed by atoms with E-state index >= 15 is 0 Å². The summed E-state index contributed by atoms with van der Waals surface area (Å²) in [5.41, 5.74) is 9.07. The smallest absolute Gasteiger partial charge is 0.248 e. The van der Waals surface area contributed by atoms with E-state index < -0.39 is 6.04 Å². The van der Waals surface area contributed by atoms with E-state index in [0.717, 1.165) is 22.1 Å². The molecule has 0 aliphatic carbocycles. The third kappa shape index (κ3) is 2.25. The summed E-state index contributed by atoms with van der Waals surface area (Å²) >= 11 is 3.48. The topological polar surface area (TPSA) is 46.3 Å². The van der Waals surface area contributed by atoms with Crippen molar-refractivity contribution in [2.24, 2.45) is 5.73 Å². The van der Waals surface area contributed by atoms with E-state index in [9.17, 15) is 4.79 Å². The Kier molecular flexibility index (Phi) is 3.59. The lowest BCUT2D eigenvalue weighted by molar-refractivity contribution is -0.119. The normalized spacial score (nSPS) is 17.4. The zero-order valence-electron chi connectivity index (χ0n) is 10.9. The second-order valence-electron chi connectivity index (χ2n) is 4.88. The van der Waals surface area contributed by atoms with Gasteiger partial charge in [0.2, 0.25) is 5.91 Å². The molecule has 0 saturated carbocycles. The molecular formula is C16H15BrN2O. The first kappa shape index (κ1) is 13.3. The Balaban J connectivity index is 1.85. The summed E-state index contributed by atoms with van der Waals surface area (Å²) in [6.07, 6.45) is 0.825. The number of fused-ring (bicyclic) bond motifs is 1. The number of hydrogen-bond acceptors (Lipinski definition) is 2. The van der Waals surface area contributed by atoms with Gasteiger partial charge in [0.1, 0.15) is 6.04 Å². The highest BCUT2D eigenvalue weighted by Crippen LogP contribution is 2.39. The molecule has 0 radical (unpaired) electrons. The van der Waals surface area contributed by atoms with Gasteiger partial charge in [0, 0.05) is 16.6 Å². The lowest BCUT2D eigenvalue weighted by Crippen LogP contribution is -2.33. The summed E-state index contributed by atoms with van der Waals surface area (Å²) in [4.78, 5) is 14.1. The second kappa shape index (κ2) is 5.38. The molecule has 1 aliphatic heterocycles. The second-order valence-corrected chi connectivity index (χ2v) is 5.73. The van der Waals surface area contributed by atoms with Crippen LogP contribution in [0.5, 0.6) is 0 Å². The van der Waals surface area contributed by atoms with E-state index in [1.165, 1.54) is 5.56 Å². The first-order valence-electron chi connectivity index (χ1n) is 6.58. The van der Waals surface area contributed by atoms with E-state index in [1.807, 2.05) is 36.4 Å². The molecule has 3 nitrogen and oxygen atoms in total. The molecule has 0 spiro atoms. The number of nitrogens with zero attached hydrogens (tertiary/aromatic N) is 1. The SMILES string of the molecule is NC1C(=O)N(CCc2ccccc2)c2cccc(Br)c21. The molecule has 20 heavy (non-hydrogen) atoms. The van der Waals surface area contributed by atoms with Gasteiger partial charge in [-0.3, -0.25) is 4.79 Å². The summed E-state index contributed by atoms with van der Waals surface area (Å²) < 4.78 is 0.901. The number of hydrogen-bond donors (Lipinski definition) is 1. The van der Waals surface area contributed by atoms with E-state index in [4.69, 9.17) is 5.73 Å². The van der Waals surface area contributed by atoms with Crippen molar-refractivity contribution in [2.45, 2.75) is 12.5 Å². The summed E-state index contributed by atoms with van der Waals surface area (Å²) in [6.45, 7) is 0.653. The largest absolute Gasteiger partial charge is 0.316 e. The van der Waals surface area contributed by atoms with Crippen LogP contribution in [0.4, 0.5) is 5.69 Å². The molecule has 1 amide bonds. The van der Waals surface area contributed by atoms with E-state index in [0.29, 0.717) is 6.54 Å². The number of anilines is 1. The van der Waals surface area contributed by atoms with Gasteiger partial charge in [-0.05, 0) is 24.1 Å². The Hall–Kier alpha value is -1.65. The summed E-state index contributed by atoms with van der Waals surface area (Å²) in [5, 5.41) is 0. The average Bonchev–Trinajstić information content (AvgIpc) is 2.71. The van der Waals surface area contributed by atoms with E-state index in [-0.39, 0.29) is 5.91 Å². The van der Waals surface area contributed by atoms with Gasteiger partial charge in [-0.15, -0.1) is 0 Å². The fourth-order valence-electron chi connectivity index (χ4n) is 2.60. The average molecular weight is 331 g/mol. The highest BCUT2D eigenvalue weighted by molar-refractivity contribution is 9.10. The van der Waals surface area contributed by atoms with Crippen molar-refractivity contribution in [1.82, 2.24) is 0 Å². The van der Waals surface area contributed by atoms with Crippen LogP contribution in [-0.2, 0) is 11.2 Å². The van der Waals surface area contributed by atoms with Crippen molar-refractivity contribution in [3.63, 3.8) is 0 Å². The Morgan fingerprint density at radius 2 is 1.85 bits per heavy atom. The predicted molar refractivity (Wildman–Crippen MR) is 83.6 cm³/mol. The molecule has 0 fully saturated rings. The van der Waals surface area contributed by atoms with Gasteiger partial charge in [-0.1, -0.05) is 52.3 Å². The van der Waals surface area contributed by atoms with Crippen LogP contribution in [0.1, 0.15) is 17.2 Å². The van der Waals surface area contributed by atoms with Crippen molar-refractivity contribution in [3.8, 4) is 0 Å². The van der Waals surface area contributed by atoms with Crippen LogP contribution in [-0.4, -0.2) is 12.5 Å². The monoisotopic (exact) mass is 330 g/mol. The van der Waals surface area contributed by atoms with Crippen LogP contribution in [0.3, 0.4) is 0 Å². The molecule has 1 unspecified atom stereocenters. The first-order valence-corrected chi connectivity index (χ1v) is 7.37. The first-order chi connectivity index (χ1) is 9.68. The Morgan fingerprint density at radius 1 is 1.10 bits per heavy atom. The van der Waals surface area contributed by atoms with Crippen LogP contribution in [0.25, 0.3) is 0 Å². The Labute approximate surface area is 126 Å². The van der Waals surface area contributed by atoms with Crippen molar-refractivity contribution >= 4 is 27.5 Å². The summed E-state index contributed by atoms with van der Waals surface area (Å²) in [7, 11) is 0. The molecule has 1 aliphatic rings. The minimum atomic E-state index is -0.559. The molecule has 2 N–H and O–H groups in total. The van der Waals surface area contributed by atoms with Gasteiger partial charge in [-0.2, -0.15) is 0 Å². The van der Waals surface area contributed by atoms with Gasteiger partial charge in [0.15, 0.2) is 0 Å². The predicted octanol–water partition coefficient (Wildman–Crippen LogP) is 3.04. The molecular weight excluding hydrogens is 316 g/mol. The molecule has 2 aromatic carbocycles. The van der Waals surface area contributed by atoms with Crippen molar-refractivity contribution in [2.75, 3.05) is 11.4 Å². The number of carbonyl (C=O) groups is 1. The zero-order chi connectivity index (χ0) is 14.1. The van der Waals surface area contributed by atoms with Gasteiger partial charge in [-0.25, -0.2) is 0 Å². The molecule has 1 atom stereocenters. The maximum atomic E-state index is 12.3. The Bertz CT molecular complexity index is 642. The lowest BCUT2D eigenvalue weighted by Gasteiger charge is -2.17. The number of halogens is 1. The maximum absolute atomic E-state index is 12.3. The fourth-order valence-corrected chi connectivity index (χ4v) is 3.20.